The molecule has 2 aliphatic heterocycles. The molecule has 1 saturated heterocycles. The lowest BCUT2D eigenvalue weighted by atomic mass is 10.1. The maximum atomic E-state index is 15.0. The van der Waals surface area contributed by atoms with Crippen molar-refractivity contribution >= 4 is 11.8 Å². The molecule has 0 radical (unpaired) electrons. The number of nitrogens with zero attached hydrogens (tertiary/aromatic N) is 6. The van der Waals surface area contributed by atoms with Crippen LogP contribution in [0.25, 0.3) is 0 Å². The molecule has 200 valence electrons. The largest absolute Gasteiger partial charge is 0.409 e. The topological polar surface area (TPSA) is 122 Å². The zero-order valence-corrected chi connectivity index (χ0v) is 20.0. The molecule has 3 aromatic heterocycles. The van der Waals surface area contributed by atoms with E-state index in [0.29, 0.717) is 29.0 Å². The molecule has 2 aliphatic rings. The van der Waals surface area contributed by atoms with Crippen LogP contribution >= 0.6 is 0 Å². The maximum absolute atomic E-state index is 15.0. The Hall–Kier alpha value is -3.75. The predicted octanol–water partition coefficient (Wildman–Crippen LogP) is 2.19. The van der Waals surface area contributed by atoms with Crippen molar-refractivity contribution in [2.75, 3.05) is 36.1 Å². The number of halogens is 4. The second-order valence-corrected chi connectivity index (χ2v) is 8.64. The van der Waals surface area contributed by atoms with Crippen molar-refractivity contribution in [1.82, 2.24) is 24.7 Å². The van der Waals surface area contributed by atoms with E-state index in [4.69, 9.17) is 9.26 Å². The normalized spacial score (nSPS) is 19.7. The molecule has 0 bridgehead atoms. The summed E-state index contributed by atoms with van der Waals surface area (Å²) in [4.78, 5) is 36.2. The minimum Gasteiger partial charge on any atom is -0.377 e. The highest BCUT2D eigenvalue weighted by Crippen LogP contribution is 2.39. The summed E-state index contributed by atoms with van der Waals surface area (Å²) >= 11 is 0. The molecular weight excluding hydrogens is 502 g/mol. The Kier molecular flexibility index (Phi) is 7.61. The number of alkyl halides is 3. The summed E-state index contributed by atoms with van der Waals surface area (Å²) in [6.45, 7) is 4.48. The fraction of sp³-hybridized carbons (Fsp3) is 0.500. The van der Waals surface area contributed by atoms with Gasteiger partial charge >= 0.3 is 6.18 Å². The van der Waals surface area contributed by atoms with E-state index < -0.39 is 30.0 Å². The van der Waals surface area contributed by atoms with E-state index in [1.54, 1.807) is 18.7 Å². The lowest BCUT2D eigenvalue weighted by molar-refractivity contribution is -0.171. The van der Waals surface area contributed by atoms with Crippen LogP contribution in [-0.4, -0.2) is 63.2 Å². The van der Waals surface area contributed by atoms with Gasteiger partial charge in [0.25, 0.3) is 11.1 Å². The van der Waals surface area contributed by atoms with Crippen LogP contribution in [0.2, 0.25) is 0 Å². The summed E-state index contributed by atoms with van der Waals surface area (Å²) < 4.78 is 66.6. The van der Waals surface area contributed by atoms with Gasteiger partial charge in [-0.3, -0.25) is 14.2 Å². The van der Waals surface area contributed by atoms with Gasteiger partial charge in [-0.15, -0.1) is 0 Å². The van der Waals surface area contributed by atoms with Gasteiger partial charge in [-0.25, -0.2) is 4.98 Å². The molecule has 1 fully saturated rings. The van der Waals surface area contributed by atoms with E-state index in [-0.39, 0.29) is 43.0 Å². The van der Waals surface area contributed by atoms with Crippen LogP contribution in [-0.2, 0) is 11.3 Å². The highest BCUT2D eigenvalue weighted by atomic mass is 19.4. The van der Waals surface area contributed by atoms with Gasteiger partial charge in [-0.05, 0) is 20.3 Å². The fourth-order valence-electron chi connectivity index (χ4n) is 4.17. The van der Waals surface area contributed by atoms with Crippen LogP contribution in [0.1, 0.15) is 30.6 Å². The molecule has 0 amide bonds. The van der Waals surface area contributed by atoms with Crippen LogP contribution in [0.4, 0.5) is 29.3 Å². The van der Waals surface area contributed by atoms with Crippen molar-refractivity contribution in [3.8, 4) is 0 Å². The predicted molar refractivity (Wildman–Crippen MR) is 123 cm³/mol. The number of anilines is 2. The molecule has 2 atom stereocenters. The van der Waals surface area contributed by atoms with Crippen molar-refractivity contribution in [2.24, 2.45) is 0 Å². The summed E-state index contributed by atoms with van der Waals surface area (Å²) in [5.41, 5.74) is -0.226. The Morgan fingerprint density at radius 3 is 2.59 bits per heavy atom. The molecule has 37 heavy (non-hydrogen) atoms. The molecule has 0 aromatic carbocycles. The summed E-state index contributed by atoms with van der Waals surface area (Å²) in [6, 6.07) is -1.06. The molecule has 0 saturated carbocycles. The molecular formula is C22H25F4N7O4. The number of hydrogen-bond acceptors (Lipinski definition) is 9. The van der Waals surface area contributed by atoms with Gasteiger partial charge < -0.3 is 24.0 Å². The second kappa shape index (κ2) is 10.7. The Morgan fingerprint density at radius 2 is 2.03 bits per heavy atom. The van der Waals surface area contributed by atoms with Gasteiger partial charge in [0.15, 0.2) is 5.82 Å². The molecule has 0 aliphatic carbocycles. The zero-order chi connectivity index (χ0) is 26.7. The molecule has 3 aromatic rings. The van der Waals surface area contributed by atoms with E-state index in [9.17, 15) is 27.2 Å². The average Bonchev–Trinajstić information content (AvgIpc) is 3.26. The van der Waals surface area contributed by atoms with Crippen molar-refractivity contribution in [2.45, 2.75) is 45.1 Å². The first kappa shape index (κ1) is 26.3. The number of hydrogen-bond donors (Lipinski definition) is 1. The van der Waals surface area contributed by atoms with Gasteiger partial charge in [-0.2, -0.15) is 22.5 Å². The number of morpholine rings is 1. The molecule has 11 nitrogen and oxygen atoms in total. The van der Waals surface area contributed by atoms with Gasteiger partial charge in [-0.1, -0.05) is 5.16 Å². The number of ether oxygens (including phenoxy) is 1. The number of aromatic nitrogens is 5. The maximum Gasteiger partial charge on any atom is 0.409 e. The van der Waals surface area contributed by atoms with Crippen molar-refractivity contribution in [1.29, 1.82) is 0 Å². The molecule has 5 heterocycles. The average molecular weight is 527 g/mol. The lowest BCUT2D eigenvalue weighted by Gasteiger charge is -2.39. The van der Waals surface area contributed by atoms with E-state index in [1.165, 1.54) is 29.8 Å². The minimum absolute atomic E-state index is 0.00895. The first-order valence-electron chi connectivity index (χ1n) is 11.4. The Labute approximate surface area is 207 Å². The highest BCUT2D eigenvalue weighted by Gasteiger charge is 2.46. The second-order valence-electron chi connectivity index (χ2n) is 8.64. The van der Waals surface area contributed by atoms with E-state index in [1.807, 2.05) is 0 Å². The van der Waals surface area contributed by atoms with Crippen LogP contribution in [0.15, 0.2) is 39.0 Å². The summed E-state index contributed by atoms with van der Waals surface area (Å²) in [6.07, 6.45) is -0.919. The van der Waals surface area contributed by atoms with Crippen LogP contribution in [0.5, 0.6) is 0 Å². The summed E-state index contributed by atoms with van der Waals surface area (Å²) in [5.74, 6) is -1.76. The first-order chi connectivity index (χ1) is 17.6. The van der Waals surface area contributed by atoms with Crippen LogP contribution < -0.4 is 20.9 Å². The van der Waals surface area contributed by atoms with Gasteiger partial charge in [0.2, 0.25) is 11.8 Å². The number of fused-ring (bicyclic) bond motifs is 1. The van der Waals surface area contributed by atoms with Gasteiger partial charge in [0.1, 0.15) is 12.3 Å². The molecule has 1 N–H and O–H groups in total. The third kappa shape index (κ3) is 5.65. The molecule has 0 spiro atoms. The van der Waals surface area contributed by atoms with Crippen molar-refractivity contribution in [3.05, 3.63) is 62.6 Å². The Morgan fingerprint density at radius 1 is 1.24 bits per heavy atom. The highest BCUT2D eigenvalue weighted by molar-refractivity contribution is 5.48. The Balaban J connectivity index is 0.000000396. The summed E-state index contributed by atoms with van der Waals surface area (Å²) in [5, 5.41) is 3.77. The number of H-pyrrole nitrogens is 1. The SMILES string of the molecule is Cc1nocc1CN1CC[C@H](C(F)(F)F)n2c1nc(N1CCOC[C@H]1C)c(F)c2=O.O=c1ccnc[nH]1. The fourth-order valence-corrected chi connectivity index (χ4v) is 4.17. The van der Waals surface area contributed by atoms with E-state index in [2.05, 4.69) is 20.1 Å². The minimum atomic E-state index is -4.71. The number of nitrogens with one attached hydrogen (secondary N) is 1. The van der Waals surface area contributed by atoms with Crippen molar-refractivity contribution < 1.29 is 26.8 Å². The molecule has 5 rings (SSSR count). The quantitative estimate of drug-likeness (QED) is 0.511. The van der Waals surface area contributed by atoms with Crippen LogP contribution in [0, 0.1) is 12.7 Å². The molecule has 15 heteroatoms. The monoisotopic (exact) mass is 527 g/mol. The molecule has 0 unspecified atom stereocenters. The summed E-state index contributed by atoms with van der Waals surface area (Å²) in [7, 11) is 0. The Bertz CT molecular complexity index is 1320. The lowest BCUT2D eigenvalue weighted by Crippen LogP contribution is -2.49. The number of aryl methyl sites for hydroxylation is 1. The zero-order valence-electron chi connectivity index (χ0n) is 20.0. The van der Waals surface area contributed by atoms with E-state index >= 15 is 0 Å². The van der Waals surface area contributed by atoms with E-state index in [0.717, 1.165) is 0 Å². The van der Waals surface area contributed by atoms with Gasteiger partial charge in [0.05, 0.1) is 37.8 Å². The third-order valence-electron chi connectivity index (χ3n) is 6.11. The first-order valence-corrected chi connectivity index (χ1v) is 11.4. The smallest absolute Gasteiger partial charge is 0.377 e. The number of rotatable bonds is 3. The van der Waals surface area contributed by atoms with Crippen molar-refractivity contribution in [3.63, 3.8) is 0 Å². The standard InChI is InChI=1S/C18H21F4N5O3.C4H4N2O/c1-10-8-29-6-5-26(10)15-14(19)16(28)27-13(18(20,21)22)3-4-25(17(27)23-15)7-12-9-30-24-11(12)2;7-4-1-2-5-3-6-4/h9-10,13H,3-8H2,1-2H3;1-3H,(H,5,6,7)/t10-,13-;/m1./s1. The third-order valence-corrected chi connectivity index (χ3v) is 6.11. The van der Waals surface area contributed by atoms with Crippen LogP contribution in [0.3, 0.4) is 0 Å². The van der Waals surface area contributed by atoms with Gasteiger partial charge in [0, 0.05) is 30.9 Å². The number of aromatic amines is 1.